The van der Waals surface area contributed by atoms with Gasteiger partial charge in [-0.1, -0.05) is 12.1 Å². The first-order chi connectivity index (χ1) is 7.62. The van der Waals surface area contributed by atoms with Gasteiger partial charge in [0.05, 0.1) is 5.56 Å². The number of para-hydroxylation sites is 1. The molecule has 1 atom stereocenters. The van der Waals surface area contributed by atoms with Crippen molar-refractivity contribution in [3.05, 3.63) is 29.8 Å². The lowest BCUT2D eigenvalue weighted by Crippen LogP contribution is -2.31. The van der Waals surface area contributed by atoms with E-state index >= 15 is 0 Å². The molecule has 1 aromatic rings. The monoisotopic (exact) mass is 258 g/mol. The van der Waals surface area contributed by atoms with Gasteiger partial charge in [0.15, 0.2) is 6.10 Å². The topological polar surface area (TPSA) is 9.23 Å². The quantitative estimate of drug-likeness (QED) is 0.727. The van der Waals surface area contributed by atoms with Crippen molar-refractivity contribution < 1.29 is 31.1 Å². The molecule has 0 saturated heterocycles. The number of rotatable bonds is 2. The molecule has 1 aromatic carbocycles. The Morgan fingerprint density at radius 3 is 2.00 bits per heavy atom. The van der Waals surface area contributed by atoms with Crippen LogP contribution in [0.2, 0.25) is 0 Å². The molecule has 0 saturated carbocycles. The van der Waals surface area contributed by atoms with Gasteiger partial charge in [-0.3, -0.25) is 0 Å². The summed E-state index contributed by atoms with van der Waals surface area (Å²) in [4.78, 5) is 0. The first-order valence-electron chi connectivity index (χ1n) is 4.52. The lowest BCUT2D eigenvalue weighted by molar-refractivity contribution is -0.191. The summed E-state index contributed by atoms with van der Waals surface area (Å²) in [5.41, 5.74) is -1.23. The number of alkyl halides is 6. The van der Waals surface area contributed by atoms with Crippen LogP contribution in [0.4, 0.5) is 26.3 Å². The van der Waals surface area contributed by atoms with Crippen LogP contribution in [0.1, 0.15) is 12.5 Å². The van der Waals surface area contributed by atoms with Gasteiger partial charge in [0, 0.05) is 0 Å². The highest BCUT2D eigenvalue weighted by molar-refractivity contribution is 5.35. The van der Waals surface area contributed by atoms with Crippen molar-refractivity contribution in [2.24, 2.45) is 0 Å². The highest BCUT2D eigenvalue weighted by Gasteiger charge is 2.40. The lowest BCUT2D eigenvalue weighted by Gasteiger charge is -2.20. The molecule has 0 fully saturated rings. The molecule has 0 unspecified atom stereocenters. The molecular formula is C10H8F6O. The van der Waals surface area contributed by atoms with E-state index in [1.54, 1.807) is 0 Å². The molecule has 0 amide bonds. The van der Waals surface area contributed by atoms with Crippen LogP contribution >= 0.6 is 0 Å². The Morgan fingerprint density at radius 1 is 1.00 bits per heavy atom. The van der Waals surface area contributed by atoms with E-state index in [-0.39, 0.29) is 0 Å². The molecule has 1 nitrogen and oxygen atoms in total. The molecule has 0 aliphatic rings. The van der Waals surface area contributed by atoms with Gasteiger partial charge < -0.3 is 4.74 Å². The van der Waals surface area contributed by atoms with Crippen LogP contribution in [0.25, 0.3) is 0 Å². The average Bonchev–Trinajstić information content (AvgIpc) is 2.15. The van der Waals surface area contributed by atoms with Gasteiger partial charge in [-0.05, 0) is 19.1 Å². The summed E-state index contributed by atoms with van der Waals surface area (Å²) in [6.45, 7) is 0.646. The highest BCUT2D eigenvalue weighted by Crippen LogP contribution is 2.37. The van der Waals surface area contributed by atoms with Crippen LogP contribution < -0.4 is 4.74 Å². The number of hydrogen-bond acceptors (Lipinski definition) is 1. The highest BCUT2D eigenvalue weighted by atomic mass is 19.4. The predicted molar refractivity (Wildman–Crippen MR) is 47.6 cm³/mol. The molecule has 0 bridgehead atoms. The Morgan fingerprint density at radius 2 is 1.53 bits per heavy atom. The SMILES string of the molecule is C[C@H](Oc1ccccc1C(F)(F)F)C(F)(F)F. The standard InChI is InChI=1S/C10H8F6O/c1-6(9(11,12)13)17-8-5-3-2-4-7(8)10(14,15)16/h2-6H,1H3/t6-/m0/s1. The summed E-state index contributed by atoms with van der Waals surface area (Å²) < 4.78 is 78.1. The van der Waals surface area contributed by atoms with E-state index < -0.39 is 29.8 Å². The molecule has 0 radical (unpaired) electrons. The van der Waals surface area contributed by atoms with Crippen LogP contribution in [-0.2, 0) is 6.18 Å². The minimum Gasteiger partial charge on any atom is -0.481 e. The second-order valence-corrected chi connectivity index (χ2v) is 3.30. The number of benzene rings is 1. The van der Waals surface area contributed by atoms with Crippen molar-refractivity contribution in [2.45, 2.75) is 25.4 Å². The Hall–Kier alpha value is -1.40. The fourth-order valence-corrected chi connectivity index (χ4v) is 1.06. The van der Waals surface area contributed by atoms with E-state index in [0.717, 1.165) is 12.1 Å². The maximum absolute atomic E-state index is 12.4. The third-order valence-electron chi connectivity index (χ3n) is 1.96. The molecule has 0 aliphatic carbocycles. The van der Waals surface area contributed by atoms with Gasteiger partial charge >= 0.3 is 12.4 Å². The second-order valence-electron chi connectivity index (χ2n) is 3.30. The molecule has 0 aromatic heterocycles. The van der Waals surface area contributed by atoms with Gasteiger partial charge in [-0.2, -0.15) is 26.3 Å². The van der Waals surface area contributed by atoms with Crippen molar-refractivity contribution in [3.63, 3.8) is 0 Å². The fourth-order valence-electron chi connectivity index (χ4n) is 1.06. The Bertz CT molecular complexity index is 381. The van der Waals surface area contributed by atoms with E-state index in [0.29, 0.717) is 13.0 Å². The van der Waals surface area contributed by atoms with E-state index in [4.69, 9.17) is 0 Å². The summed E-state index contributed by atoms with van der Waals surface area (Å²) in [5, 5.41) is 0. The minimum atomic E-state index is -4.75. The first kappa shape index (κ1) is 13.7. The molecule has 96 valence electrons. The zero-order valence-electron chi connectivity index (χ0n) is 8.56. The van der Waals surface area contributed by atoms with Gasteiger partial charge in [-0.15, -0.1) is 0 Å². The van der Waals surface area contributed by atoms with Crippen LogP contribution in [-0.4, -0.2) is 12.3 Å². The largest absolute Gasteiger partial charge is 0.481 e. The molecule has 0 spiro atoms. The van der Waals surface area contributed by atoms with Crippen LogP contribution in [0.3, 0.4) is 0 Å². The maximum atomic E-state index is 12.4. The Kier molecular flexibility index (Phi) is 3.59. The molecule has 1 rings (SSSR count). The normalized spacial score (nSPS) is 14.5. The maximum Gasteiger partial charge on any atom is 0.425 e. The van der Waals surface area contributed by atoms with E-state index in [2.05, 4.69) is 4.74 Å². The molecule has 17 heavy (non-hydrogen) atoms. The molecule has 7 heteroatoms. The van der Waals surface area contributed by atoms with E-state index in [1.807, 2.05) is 0 Å². The van der Waals surface area contributed by atoms with Gasteiger partial charge in [0.2, 0.25) is 0 Å². The summed E-state index contributed by atoms with van der Waals surface area (Å²) in [5.74, 6) is -0.829. The van der Waals surface area contributed by atoms with E-state index in [1.165, 1.54) is 6.07 Å². The number of hydrogen-bond donors (Lipinski definition) is 0. The van der Waals surface area contributed by atoms with Crippen molar-refractivity contribution in [1.82, 2.24) is 0 Å². The second kappa shape index (κ2) is 4.46. The zero-order valence-corrected chi connectivity index (χ0v) is 8.56. The Labute approximate surface area is 93.0 Å². The summed E-state index contributed by atoms with van der Waals surface area (Å²) >= 11 is 0. The summed E-state index contributed by atoms with van der Waals surface area (Å²) in [6.07, 6.45) is -11.8. The number of ether oxygens (including phenoxy) is 1. The van der Waals surface area contributed by atoms with Gasteiger partial charge in [-0.25, -0.2) is 0 Å². The predicted octanol–water partition coefficient (Wildman–Crippen LogP) is 4.04. The van der Waals surface area contributed by atoms with Crippen LogP contribution in [0.15, 0.2) is 24.3 Å². The van der Waals surface area contributed by atoms with Crippen LogP contribution in [0.5, 0.6) is 5.75 Å². The Balaban J connectivity index is 3.00. The molecule has 0 aliphatic heterocycles. The fraction of sp³-hybridized carbons (Fsp3) is 0.400. The van der Waals surface area contributed by atoms with Crippen molar-refractivity contribution >= 4 is 0 Å². The van der Waals surface area contributed by atoms with Crippen molar-refractivity contribution in [2.75, 3.05) is 0 Å². The molecule has 0 N–H and O–H groups in total. The third kappa shape index (κ3) is 3.54. The summed E-state index contributed by atoms with van der Waals surface area (Å²) in [6, 6.07) is 3.77. The molecule has 0 heterocycles. The average molecular weight is 258 g/mol. The number of halogens is 6. The van der Waals surface area contributed by atoms with E-state index in [9.17, 15) is 26.3 Å². The lowest BCUT2D eigenvalue weighted by atomic mass is 10.2. The van der Waals surface area contributed by atoms with Gasteiger partial charge in [0.25, 0.3) is 0 Å². The van der Waals surface area contributed by atoms with Crippen LogP contribution in [0, 0.1) is 0 Å². The van der Waals surface area contributed by atoms with Crippen molar-refractivity contribution in [3.8, 4) is 5.75 Å². The first-order valence-corrected chi connectivity index (χ1v) is 4.52. The van der Waals surface area contributed by atoms with Gasteiger partial charge in [0.1, 0.15) is 5.75 Å². The van der Waals surface area contributed by atoms with Crippen molar-refractivity contribution in [1.29, 1.82) is 0 Å². The zero-order chi connectivity index (χ0) is 13.3. The molecular weight excluding hydrogens is 250 g/mol. The smallest absolute Gasteiger partial charge is 0.425 e. The summed E-state index contributed by atoms with van der Waals surface area (Å²) in [7, 11) is 0. The minimum absolute atomic E-state index is 0.646. The third-order valence-corrected chi connectivity index (χ3v) is 1.96.